The number of anilines is 1. The second-order valence-electron chi connectivity index (χ2n) is 6.08. The minimum absolute atomic E-state index is 0.149. The third kappa shape index (κ3) is 3.99. The molecule has 3 rings (SSSR count). The number of rotatable bonds is 4. The zero-order chi connectivity index (χ0) is 16.9. The van der Waals surface area contributed by atoms with Gasteiger partial charge in [-0.25, -0.2) is 4.39 Å². The molecule has 0 aromatic heterocycles. The first-order valence-electron chi connectivity index (χ1n) is 8.17. The lowest BCUT2D eigenvalue weighted by atomic mass is 9.99. The predicted octanol–water partition coefficient (Wildman–Crippen LogP) is 2.96. The van der Waals surface area contributed by atoms with Crippen molar-refractivity contribution in [3.8, 4) is 0 Å². The molecule has 5 heteroatoms. The quantitative estimate of drug-likeness (QED) is 0.907. The van der Waals surface area contributed by atoms with Gasteiger partial charge in [-0.3, -0.25) is 9.69 Å². The monoisotopic (exact) mass is 328 g/mol. The van der Waals surface area contributed by atoms with Crippen LogP contribution in [-0.2, 0) is 4.79 Å². The summed E-state index contributed by atoms with van der Waals surface area (Å²) in [6, 6.07) is 14.9. The molecule has 1 amide bonds. The zero-order valence-corrected chi connectivity index (χ0v) is 13.4. The molecular formula is C19H21FN2O2. The van der Waals surface area contributed by atoms with Crippen molar-refractivity contribution in [1.82, 2.24) is 4.90 Å². The SMILES string of the molecule is O=C(Nc1ccc(F)cc1)[C@@H](c1ccccc1)N1CCC(O)CC1. The van der Waals surface area contributed by atoms with E-state index in [-0.39, 0.29) is 17.8 Å². The Morgan fingerprint density at radius 1 is 1.08 bits per heavy atom. The topological polar surface area (TPSA) is 52.6 Å². The Labute approximate surface area is 140 Å². The number of hydrogen-bond acceptors (Lipinski definition) is 3. The summed E-state index contributed by atoms with van der Waals surface area (Å²) in [4.78, 5) is 15.0. The summed E-state index contributed by atoms with van der Waals surface area (Å²) in [5.74, 6) is -0.484. The third-order valence-electron chi connectivity index (χ3n) is 4.34. The number of hydrogen-bond donors (Lipinski definition) is 2. The first-order chi connectivity index (χ1) is 11.6. The fourth-order valence-electron chi connectivity index (χ4n) is 3.05. The Bertz CT molecular complexity index is 668. The molecule has 1 aliphatic heterocycles. The van der Waals surface area contributed by atoms with Crippen LogP contribution in [0.2, 0.25) is 0 Å². The minimum Gasteiger partial charge on any atom is -0.393 e. The number of halogens is 1. The van der Waals surface area contributed by atoms with E-state index >= 15 is 0 Å². The lowest BCUT2D eigenvalue weighted by Gasteiger charge is -2.35. The van der Waals surface area contributed by atoms with E-state index in [1.807, 2.05) is 30.3 Å². The largest absolute Gasteiger partial charge is 0.393 e. The van der Waals surface area contributed by atoms with Gasteiger partial charge in [-0.1, -0.05) is 30.3 Å². The fourth-order valence-corrected chi connectivity index (χ4v) is 3.05. The van der Waals surface area contributed by atoms with Crippen LogP contribution in [0.15, 0.2) is 54.6 Å². The molecule has 1 aliphatic rings. The highest BCUT2D eigenvalue weighted by molar-refractivity contribution is 5.95. The summed E-state index contributed by atoms with van der Waals surface area (Å²) >= 11 is 0. The van der Waals surface area contributed by atoms with E-state index in [0.717, 1.165) is 5.56 Å². The van der Waals surface area contributed by atoms with Gasteiger partial charge in [0.25, 0.3) is 0 Å². The van der Waals surface area contributed by atoms with Gasteiger partial charge in [-0.05, 0) is 42.7 Å². The van der Waals surface area contributed by atoms with Crippen molar-refractivity contribution in [2.75, 3.05) is 18.4 Å². The second-order valence-corrected chi connectivity index (χ2v) is 6.08. The van der Waals surface area contributed by atoms with Crippen LogP contribution in [0.25, 0.3) is 0 Å². The summed E-state index contributed by atoms with van der Waals surface area (Å²) in [7, 11) is 0. The van der Waals surface area contributed by atoms with Crippen LogP contribution in [0.3, 0.4) is 0 Å². The average Bonchev–Trinajstić information content (AvgIpc) is 2.60. The maximum Gasteiger partial charge on any atom is 0.246 e. The molecule has 0 unspecified atom stereocenters. The van der Waals surface area contributed by atoms with Crippen LogP contribution in [0.4, 0.5) is 10.1 Å². The Morgan fingerprint density at radius 3 is 2.33 bits per heavy atom. The molecule has 0 spiro atoms. The van der Waals surface area contributed by atoms with Gasteiger partial charge in [0.15, 0.2) is 0 Å². The molecule has 1 saturated heterocycles. The molecule has 126 valence electrons. The standard InChI is InChI=1S/C19H21FN2O2/c20-15-6-8-16(9-7-15)21-19(24)18(14-4-2-1-3-5-14)22-12-10-17(23)11-13-22/h1-9,17-18,23H,10-13H2,(H,21,24)/t18-/m1/s1. The smallest absolute Gasteiger partial charge is 0.246 e. The van der Waals surface area contributed by atoms with Crippen molar-refractivity contribution >= 4 is 11.6 Å². The number of aliphatic hydroxyl groups excluding tert-OH is 1. The fraction of sp³-hybridized carbons (Fsp3) is 0.316. The molecular weight excluding hydrogens is 307 g/mol. The van der Waals surface area contributed by atoms with Crippen molar-refractivity contribution in [2.24, 2.45) is 0 Å². The van der Waals surface area contributed by atoms with Gasteiger partial charge in [-0.2, -0.15) is 0 Å². The van der Waals surface area contributed by atoms with Crippen LogP contribution in [-0.4, -0.2) is 35.1 Å². The van der Waals surface area contributed by atoms with Crippen LogP contribution >= 0.6 is 0 Å². The average molecular weight is 328 g/mol. The highest BCUT2D eigenvalue weighted by Crippen LogP contribution is 2.26. The highest BCUT2D eigenvalue weighted by atomic mass is 19.1. The summed E-state index contributed by atoms with van der Waals surface area (Å²) in [6.07, 6.45) is 1.03. The van der Waals surface area contributed by atoms with Crippen LogP contribution in [0, 0.1) is 5.82 Å². The molecule has 0 bridgehead atoms. The molecule has 0 radical (unpaired) electrons. The summed E-state index contributed by atoms with van der Waals surface area (Å²) in [5.41, 5.74) is 1.48. The van der Waals surface area contributed by atoms with Crippen LogP contribution < -0.4 is 5.32 Å². The van der Waals surface area contributed by atoms with Gasteiger partial charge in [0.05, 0.1) is 6.10 Å². The molecule has 0 saturated carbocycles. The zero-order valence-electron chi connectivity index (χ0n) is 13.4. The summed E-state index contributed by atoms with van der Waals surface area (Å²) in [6.45, 7) is 1.33. The van der Waals surface area contributed by atoms with E-state index in [4.69, 9.17) is 0 Å². The van der Waals surface area contributed by atoms with Gasteiger partial charge in [-0.15, -0.1) is 0 Å². The van der Waals surface area contributed by atoms with Gasteiger partial charge >= 0.3 is 0 Å². The lowest BCUT2D eigenvalue weighted by Crippen LogP contribution is -2.43. The number of nitrogens with zero attached hydrogens (tertiary/aromatic N) is 1. The highest BCUT2D eigenvalue weighted by Gasteiger charge is 2.30. The first-order valence-corrected chi connectivity index (χ1v) is 8.17. The Morgan fingerprint density at radius 2 is 1.71 bits per heavy atom. The molecule has 2 N–H and O–H groups in total. The Balaban J connectivity index is 1.81. The number of piperidine rings is 1. The van der Waals surface area contributed by atoms with E-state index in [1.165, 1.54) is 12.1 Å². The molecule has 1 heterocycles. The molecule has 0 aliphatic carbocycles. The summed E-state index contributed by atoms with van der Waals surface area (Å²) in [5, 5.41) is 12.6. The molecule has 24 heavy (non-hydrogen) atoms. The second kappa shape index (κ2) is 7.55. The van der Waals surface area contributed by atoms with Gasteiger partial charge in [0.2, 0.25) is 5.91 Å². The van der Waals surface area contributed by atoms with Crippen molar-refractivity contribution in [3.05, 3.63) is 66.0 Å². The number of carbonyl (C=O) groups is 1. The van der Waals surface area contributed by atoms with Crippen molar-refractivity contribution in [1.29, 1.82) is 0 Å². The number of aliphatic hydroxyl groups is 1. The Kier molecular flexibility index (Phi) is 5.23. The summed E-state index contributed by atoms with van der Waals surface area (Å²) < 4.78 is 13.0. The predicted molar refractivity (Wildman–Crippen MR) is 91.0 cm³/mol. The van der Waals surface area contributed by atoms with E-state index in [1.54, 1.807) is 12.1 Å². The molecule has 1 fully saturated rings. The van der Waals surface area contributed by atoms with Crippen molar-refractivity contribution < 1.29 is 14.3 Å². The number of likely N-dealkylation sites (tertiary alicyclic amines) is 1. The maximum atomic E-state index is 13.0. The third-order valence-corrected chi connectivity index (χ3v) is 4.34. The number of carbonyl (C=O) groups excluding carboxylic acids is 1. The van der Waals surface area contributed by atoms with E-state index in [9.17, 15) is 14.3 Å². The molecule has 2 aromatic rings. The van der Waals surface area contributed by atoms with Crippen LogP contribution in [0.1, 0.15) is 24.4 Å². The Hall–Kier alpha value is -2.24. The van der Waals surface area contributed by atoms with Gasteiger partial charge < -0.3 is 10.4 Å². The lowest BCUT2D eigenvalue weighted by molar-refractivity contribution is -0.122. The van der Waals surface area contributed by atoms with E-state index < -0.39 is 6.04 Å². The van der Waals surface area contributed by atoms with Gasteiger partial charge in [0.1, 0.15) is 11.9 Å². The van der Waals surface area contributed by atoms with Crippen molar-refractivity contribution in [2.45, 2.75) is 25.0 Å². The van der Waals surface area contributed by atoms with E-state index in [2.05, 4.69) is 10.2 Å². The van der Waals surface area contributed by atoms with E-state index in [0.29, 0.717) is 31.6 Å². The molecule has 2 aromatic carbocycles. The van der Waals surface area contributed by atoms with Crippen LogP contribution in [0.5, 0.6) is 0 Å². The number of nitrogens with one attached hydrogen (secondary N) is 1. The van der Waals surface area contributed by atoms with Crippen molar-refractivity contribution in [3.63, 3.8) is 0 Å². The normalized spacial score (nSPS) is 17.4. The maximum absolute atomic E-state index is 13.0. The molecule has 1 atom stereocenters. The number of amides is 1. The number of benzene rings is 2. The van der Waals surface area contributed by atoms with Gasteiger partial charge in [0, 0.05) is 18.8 Å². The minimum atomic E-state index is -0.427. The molecule has 4 nitrogen and oxygen atoms in total. The first kappa shape index (κ1) is 16.6.